The first kappa shape index (κ1) is 25.6. The number of anilines is 1. The Balaban J connectivity index is 0.000000210. The number of hydrogen-bond donors (Lipinski definition) is 1. The molecule has 41 heavy (non-hydrogen) atoms. The second-order valence-electron chi connectivity index (χ2n) is 9.35. The number of aromatic nitrogens is 6. The van der Waals surface area contributed by atoms with Crippen molar-refractivity contribution in [1.82, 2.24) is 29.1 Å². The molecule has 0 saturated heterocycles. The number of nitrogens with zero attached hydrogens (tertiary/aromatic N) is 6. The molecule has 0 amide bonds. The van der Waals surface area contributed by atoms with Crippen molar-refractivity contribution in [2.24, 2.45) is 0 Å². The number of para-hydroxylation sites is 1. The summed E-state index contributed by atoms with van der Waals surface area (Å²) in [6.07, 6.45) is 9.24. The Kier molecular flexibility index (Phi) is 7.27. The molecular weight excluding hydrogens is 513 g/mol. The predicted molar refractivity (Wildman–Crippen MR) is 160 cm³/mol. The van der Waals surface area contributed by atoms with E-state index in [2.05, 4.69) is 61.2 Å². The van der Waals surface area contributed by atoms with Crippen LogP contribution >= 0.6 is 0 Å². The third-order valence-corrected chi connectivity index (χ3v) is 6.53. The average Bonchev–Trinajstić information content (AvgIpc) is 3.69. The van der Waals surface area contributed by atoms with Crippen molar-refractivity contribution in [3.05, 3.63) is 146 Å². The van der Waals surface area contributed by atoms with Gasteiger partial charge >= 0.3 is 0 Å². The number of benzene rings is 3. The van der Waals surface area contributed by atoms with Crippen molar-refractivity contribution < 1.29 is 4.39 Å². The van der Waals surface area contributed by atoms with Gasteiger partial charge in [0.05, 0.1) is 34.5 Å². The fraction of sp³-hybridized carbons (Fsp3) is 0.0303. The first-order valence-corrected chi connectivity index (χ1v) is 13.1. The number of halogens is 1. The molecule has 0 fully saturated rings. The molecule has 7 aromatic rings. The third kappa shape index (κ3) is 5.86. The van der Waals surface area contributed by atoms with Gasteiger partial charge in [0.15, 0.2) is 0 Å². The summed E-state index contributed by atoms with van der Waals surface area (Å²) in [4.78, 5) is 17.5. The summed E-state index contributed by atoms with van der Waals surface area (Å²) in [5, 5.41) is 1.01. The van der Waals surface area contributed by atoms with Crippen molar-refractivity contribution in [3.8, 4) is 28.3 Å². The molecular formula is C33H26FN7. The molecule has 0 aliphatic carbocycles. The van der Waals surface area contributed by atoms with Gasteiger partial charge in [-0.1, -0.05) is 48.5 Å². The van der Waals surface area contributed by atoms with Crippen LogP contribution in [0.25, 0.3) is 39.2 Å². The number of hydrogen-bond acceptors (Lipinski definition) is 5. The first-order valence-electron chi connectivity index (χ1n) is 13.1. The topological polar surface area (TPSA) is 87.4 Å². The van der Waals surface area contributed by atoms with E-state index in [1.54, 1.807) is 36.9 Å². The number of nitrogens with two attached hydrogens (primary N) is 1. The summed E-state index contributed by atoms with van der Waals surface area (Å²) >= 11 is 0. The highest BCUT2D eigenvalue weighted by Crippen LogP contribution is 2.33. The zero-order valence-corrected chi connectivity index (χ0v) is 22.0. The van der Waals surface area contributed by atoms with Gasteiger partial charge in [-0.3, -0.25) is 9.55 Å². The van der Waals surface area contributed by atoms with Gasteiger partial charge in [-0.2, -0.15) is 0 Å². The lowest BCUT2D eigenvalue weighted by Gasteiger charge is -2.11. The van der Waals surface area contributed by atoms with E-state index in [1.165, 1.54) is 17.7 Å². The molecule has 0 saturated carbocycles. The minimum absolute atomic E-state index is 0.164. The van der Waals surface area contributed by atoms with E-state index in [0.29, 0.717) is 11.4 Å². The van der Waals surface area contributed by atoms with Gasteiger partial charge in [0.2, 0.25) is 5.95 Å². The smallest absolute Gasteiger partial charge is 0.220 e. The van der Waals surface area contributed by atoms with Gasteiger partial charge in [0.1, 0.15) is 12.1 Å². The van der Waals surface area contributed by atoms with Crippen LogP contribution in [-0.2, 0) is 6.54 Å². The molecule has 0 spiro atoms. The molecule has 4 aromatic heterocycles. The molecule has 200 valence electrons. The van der Waals surface area contributed by atoms with Crippen LogP contribution in [0.2, 0.25) is 0 Å². The van der Waals surface area contributed by atoms with Crippen LogP contribution in [0.4, 0.5) is 10.3 Å². The monoisotopic (exact) mass is 539 g/mol. The van der Waals surface area contributed by atoms with Crippen LogP contribution < -0.4 is 5.73 Å². The summed E-state index contributed by atoms with van der Waals surface area (Å²) in [5.41, 5.74) is 11.7. The number of imidazole rings is 1. The van der Waals surface area contributed by atoms with E-state index in [9.17, 15) is 4.39 Å². The van der Waals surface area contributed by atoms with Crippen LogP contribution in [0, 0.1) is 5.82 Å². The Morgan fingerprint density at radius 3 is 2.29 bits per heavy atom. The molecule has 2 N–H and O–H groups in total. The van der Waals surface area contributed by atoms with E-state index in [-0.39, 0.29) is 11.8 Å². The standard InChI is InChI=1S/C22H15FN6.C11H11N/c23-16-7-5-14(6-8-16)20-21(19-9-10-25-22(24)28-19)29(13-27-20)17-11-15-3-1-2-4-18(15)26-12-17;1-2-6-11(7-3-1)10-12-8-4-5-9-12/h1-13H,(H2,24,25,28);1-9H,10H2. The molecule has 0 aliphatic heterocycles. The fourth-order valence-corrected chi connectivity index (χ4v) is 4.57. The van der Waals surface area contributed by atoms with Crippen molar-refractivity contribution in [2.75, 3.05) is 5.73 Å². The lowest BCUT2D eigenvalue weighted by atomic mass is 10.1. The highest BCUT2D eigenvalue weighted by atomic mass is 19.1. The highest BCUT2D eigenvalue weighted by molar-refractivity contribution is 5.82. The molecule has 0 unspecified atom stereocenters. The SMILES string of the molecule is Nc1nccc(-c2c(-c3ccc(F)cc3)ncn2-c2cnc3ccccc3c2)n1.c1ccc(Cn2cccc2)cc1. The molecule has 0 atom stereocenters. The van der Waals surface area contributed by atoms with Gasteiger partial charge in [0, 0.05) is 36.1 Å². The highest BCUT2D eigenvalue weighted by Gasteiger charge is 2.18. The molecule has 3 aromatic carbocycles. The maximum Gasteiger partial charge on any atom is 0.220 e. The number of fused-ring (bicyclic) bond motifs is 1. The molecule has 7 nitrogen and oxygen atoms in total. The number of nitrogen functional groups attached to an aromatic ring is 1. The lowest BCUT2D eigenvalue weighted by Crippen LogP contribution is -2.01. The predicted octanol–water partition coefficient (Wildman–Crippen LogP) is 6.80. The van der Waals surface area contributed by atoms with Crippen molar-refractivity contribution in [1.29, 1.82) is 0 Å². The lowest BCUT2D eigenvalue weighted by molar-refractivity contribution is 0.628. The quantitative estimate of drug-likeness (QED) is 0.260. The second-order valence-corrected chi connectivity index (χ2v) is 9.35. The fourth-order valence-electron chi connectivity index (χ4n) is 4.57. The Morgan fingerprint density at radius 2 is 1.51 bits per heavy atom. The van der Waals surface area contributed by atoms with Crippen molar-refractivity contribution >= 4 is 16.9 Å². The molecule has 8 heteroatoms. The summed E-state index contributed by atoms with van der Waals surface area (Å²) in [5.74, 6) is -0.142. The Bertz CT molecular complexity index is 1880. The minimum atomic E-state index is -0.306. The van der Waals surface area contributed by atoms with E-state index in [4.69, 9.17) is 5.73 Å². The first-order chi connectivity index (χ1) is 20.1. The Morgan fingerprint density at radius 1 is 0.756 bits per heavy atom. The normalized spacial score (nSPS) is 10.8. The van der Waals surface area contributed by atoms with Crippen LogP contribution in [0.15, 0.2) is 134 Å². The Hall–Kier alpha value is -5.63. The zero-order chi connectivity index (χ0) is 28.0. The summed E-state index contributed by atoms with van der Waals surface area (Å²) in [6.45, 7) is 0.966. The molecule has 0 aliphatic rings. The van der Waals surface area contributed by atoms with Gasteiger partial charge in [-0.05, 0) is 60.2 Å². The van der Waals surface area contributed by atoms with Gasteiger partial charge in [0.25, 0.3) is 0 Å². The van der Waals surface area contributed by atoms with Crippen molar-refractivity contribution in [2.45, 2.75) is 6.54 Å². The maximum atomic E-state index is 13.4. The number of pyridine rings is 1. The summed E-state index contributed by atoms with van der Waals surface area (Å²) < 4.78 is 17.5. The molecule has 4 heterocycles. The summed E-state index contributed by atoms with van der Waals surface area (Å²) in [7, 11) is 0. The maximum absolute atomic E-state index is 13.4. The van der Waals surface area contributed by atoms with Crippen LogP contribution in [0.1, 0.15) is 5.56 Å². The van der Waals surface area contributed by atoms with E-state index >= 15 is 0 Å². The van der Waals surface area contributed by atoms with Gasteiger partial charge in [-0.25, -0.2) is 19.3 Å². The summed E-state index contributed by atoms with van der Waals surface area (Å²) in [6, 6.07) is 32.4. The van der Waals surface area contributed by atoms with E-state index in [0.717, 1.165) is 34.4 Å². The van der Waals surface area contributed by atoms with E-state index < -0.39 is 0 Å². The number of rotatable bonds is 5. The van der Waals surface area contributed by atoms with Gasteiger partial charge < -0.3 is 10.3 Å². The minimum Gasteiger partial charge on any atom is -0.368 e. The largest absolute Gasteiger partial charge is 0.368 e. The van der Waals surface area contributed by atoms with Crippen LogP contribution in [0.5, 0.6) is 0 Å². The van der Waals surface area contributed by atoms with E-state index in [1.807, 2.05) is 53.1 Å². The molecule has 0 bridgehead atoms. The van der Waals surface area contributed by atoms with Crippen LogP contribution in [-0.4, -0.2) is 29.1 Å². The van der Waals surface area contributed by atoms with Crippen molar-refractivity contribution in [3.63, 3.8) is 0 Å². The average molecular weight is 540 g/mol. The molecule has 0 radical (unpaired) electrons. The molecule has 7 rings (SSSR count). The van der Waals surface area contributed by atoms with Gasteiger partial charge in [-0.15, -0.1) is 0 Å². The Labute approximate surface area is 236 Å². The van der Waals surface area contributed by atoms with Crippen LogP contribution in [0.3, 0.4) is 0 Å². The third-order valence-electron chi connectivity index (χ3n) is 6.53. The second kappa shape index (κ2) is 11.6. The zero-order valence-electron chi connectivity index (χ0n) is 22.0.